The Kier molecular flexibility index (Phi) is 6.84. The van der Waals surface area contributed by atoms with E-state index in [1.54, 1.807) is 6.92 Å². The van der Waals surface area contributed by atoms with Gasteiger partial charge in [0.05, 0.1) is 13.2 Å². The molecule has 0 fully saturated rings. The van der Waals surface area contributed by atoms with Crippen molar-refractivity contribution < 1.29 is 23.5 Å². The largest absolute Gasteiger partial charge is 0.494 e. The van der Waals surface area contributed by atoms with Gasteiger partial charge in [0.15, 0.2) is 0 Å². The zero-order chi connectivity index (χ0) is 21.7. The van der Waals surface area contributed by atoms with Crippen LogP contribution < -0.4 is 10.1 Å². The minimum Gasteiger partial charge on any atom is -0.494 e. The number of halogens is 1. The number of ether oxygens (including phenoxy) is 2. The first-order valence-corrected chi connectivity index (χ1v) is 10.4. The van der Waals surface area contributed by atoms with Crippen molar-refractivity contribution in [1.82, 2.24) is 0 Å². The number of thiophene rings is 1. The third-order valence-corrected chi connectivity index (χ3v) is 5.37. The fourth-order valence-electron chi connectivity index (χ4n) is 3.04. The summed E-state index contributed by atoms with van der Waals surface area (Å²) in [5.41, 5.74) is 2.12. The summed E-state index contributed by atoms with van der Waals surface area (Å²) in [6.07, 6.45) is 0. The lowest BCUT2D eigenvalue weighted by atomic mass is 10.0. The van der Waals surface area contributed by atoms with Crippen molar-refractivity contribution in [3.05, 3.63) is 70.4 Å². The number of nitrogens with one attached hydrogen (secondary N) is 1. The lowest BCUT2D eigenvalue weighted by Crippen LogP contribution is -2.14. The summed E-state index contributed by atoms with van der Waals surface area (Å²) in [7, 11) is 0. The first-order chi connectivity index (χ1) is 14.4. The van der Waals surface area contributed by atoms with Gasteiger partial charge in [-0.05, 0) is 62.7 Å². The lowest BCUT2D eigenvalue weighted by Gasteiger charge is -2.10. The molecule has 1 amide bonds. The van der Waals surface area contributed by atoms with Crippen molar-refractivity contribution in [2.24, 2.45) is 0 Å². The molecule has 0 saturated heterocycles. The number of carbonyl (C=O) groups is 2. The van der Waals surface area contributed by atoms with E-state index in [-0.39, 0.29) is 6.61 Å². The highest BCUT2D eigenvalue weighted by molar-refractivity contribution is 7.17. The van der Waals surface area contributed by atoms with Crippen LogP contribution >= 0.6 is 11.3 Å². The lowest BCUT2D eigenvalue weighted by molar-refractivity contribution is 0.0529. The summed E-state index contributed by atoms with van der Waals surface area (Å²) in [4.78, 5) is 26.3. The fourth-order valence-corrected chi connectivity index (χ4v) is 4.10. The van der Waals surface area contributed by atoms with Gasteiger partial charge in [-0.1, -0.05) is 12.1 Å². The van der Waals surface area contributed by atoms with E-state index < -0.39 is 17.7 Å². The monoisotopic (exact) mass is 427 g/mol. The Labute approximate surface area is 178 Å². The maximum Gasteiger partial charge on any atom is 0.341 e. The maximum atomic E-state index is 13.2. The number of carbonyl (C=O) groups excluding carboxylic acids is 2. The molecule has 30 heavy (non-hydrogen) atoms. The van der Waals surface area contributed by atoms with E-state index in [4.69, 9.17) is 9.47 Å². The van der Waals surface area contributed by atoms with Gasteiger partial charge >= 0.3 is 5.97 Å². The Morgan fingerprint density at radius 1 is 1.00 bits per heavy atom. The summed E-state index contributed by atoms with van der Waals surface area (Å²) < 4.78 is 23.9. The smallest absolute Gasteiger partial charge is 0.341 e. The number of esters is 1. The topological polar surface area (TPSA) is 64.6 Å². The number of hydrogen-bond acceptors (Lipinski definition) is 5. The van der Waals surface area contributed by atoms with Gasteiger partial charge in [0.1, 0.15) is 22.1 Å². The van der Waals surface area contributed by atoms with Crippen LogP contribution in [0.2, 0.25) is 0 Å². The molecule has 0 spiro atoms. The van der Waals surface area contributed by atoms with Crippen molar-refractivity contribution in [3.8, 4) is 16.9 Å². The second-order valence-corrected chi connectivity index (χ2v) is 7.60. The van der Waals surface area contributed by atoms with Crippen LogP contribution in [0.3, 0.4) is 0 Å². The zero-order valence-corrected chi connectivity index (χ0v) is 17.8. The van der Waals surface area contributed by atoms with E-state index in [1.807, 2.05) is 38.1 Å². The van der Waals surface area contributed by atoms with Crippen molar-refractivity contribution in [2.45, 2.75) is 20.8 Å². The molecule has 1 aromatic heterocycles. The average molecular weight is 427 g/mol. The minimum atomic E-state index is -0.514. The summed E-state index contributed by atoms with van der Waals surface area (Å²) in [6.45, 7) is 6.29. The van der Waals surface area contributed by atoms with Crippen molar-refractivity contribution in [2.75, 3.05) is 18.5 Å². The molecular weight excluding hydrogens is 405 g/mol. The van der Waals surface area contributed by atoms with Crippen molar-refractivity contribution >= 4 is 28.2 Å². The van der Waals surface area contributed by atoms with Crippen LogP contribution in [0, 0.1) is 12.7 Å². The van der Waals surface area contributed by atoms with E-state index in [0.29, 0.717) is 28.3 Å². The van der Waals surface area contributed by atoms with Gasteiger partial charge in [-0.25, -0.2) is 9.18 Å². The number of benzene rings is 2. The second kappa shape index (κ2) is 9.54. The molecule has 156 valence electrons. The number of rotatable bonds is 7. The first kappa shape index (κ1) is 21.5. The first-order valence-electron chi connectivity index (χ1n) is 9.55. The molecule has 2 aromatic carbocycles. The molecule has 0 radical (unpaired) electrons. The van der Waals surface area contributed by atoms with Crippen molar-refractivity contribution in [3.63, 3.8) is 0 Å². The van der Waals surface area contributed by atoms with E-state index in [0.717, 1.165) is 16.2 Å². The van der Waals surface area contributed by atoms with Gasteiger partial charge in [-0.3, -0.25) is 4.79 Å². The second-order valence-electron chi connectivity index (χ2n) is 6.38. The van der Waals surface area contributed by atoms with Gasteiger partial charge in [-0.15, -0.1) is 11.3 Å². The molecular formula is C23H22FNO4S. The standard InChI is InChI=1S/C23H22FNO4S/c1-4-28-18-12-8-15(9-13-18)19-14(3)30-22(20(19)23(27)29-5-2)25-21(26)16-6-10-17(24)11-7-16/h6-13H,4-5H2,1-3H3,(H,25,26). The Balaban J connectivity index is 2.01. The van der Waals surface area contributed by atoms with Crippen LogP contribution in [0.15, 0.2) is 48.5 Å². The summed E-state index contributed by atoms with van der Waals surface area (Å²) in [5, 5.41) is 3.17. The Morgan fingerprint density at radius 2 is 1.67 bits per heavy atom. The molecule has 0 unspecified atom stereocenters. The SMILES string of the molecule is CCOC(=O)c1c(NC(=O)c2ccc(F)cc2)sc(C)c1-c1ccc(OCC)cc1. The number of amides is 1. The third-order valence-electron chi connectivity index (χ3n) is 4.35. The quantitative estimate of drug-likeness (QED) is 0.492. The van der Waals surface area contributed by atoms with Crippen molar-refractivity contribution in [1.29, 1.82) is 0 Å². The third kappa shape index (κ3) is 4.68. The molecule has 0 aliphatic heterocycles. The van der Waals surface area contributed by atoms with Crippen LogP contribution in [-0.4, -0.2) is 25.1 Å². The van der Waals surface area contributed by atoms with Crippen LogP contribution in [-0.2, 0) is 4.74 Å². The zero-order valence-electron chi connectivity index (χ0n) is 17.0. The van der Waals surface area contributed by atoms with Crippen LogP contribution in [0.25, 0.3) is 11.1 Å². The van der Waals surface area contributed by atoms with Crippen LogP contribution in [0.5, 0.6) is 5.75 Å². The molecule has 0 atom stereocenters. The van der Waals surface area contributed by atoms with Gasteiger partial charge in [0.2, 0.25) is 0 Å². The minimum absolute atomic E-state index is 0.210. The molecule has 0 aliphatic carbocycles. The normalized spacial score (nSPS) is 10.5. The highest BCUT2D eigenvalue weighted by Crippen LogP contribution is 2.41. The number of aryl methyl sites for hydroxylation is 1. The van der Waals surface area contributed by atoms with E-state index >= 15 is 0 Å². The average Bonchev–Trinajstić information content (AvgIpc) is 3.05. The molecule has 3 aromatic rings. The molecule has 0 bridgehead atoms. The molecule has 1 N–H and O–H groups in total. The van der Waals surface area contributed by atoms with Gasteiger partial charge in [-0.2, -0.15) is 0 Å². The predicted molar refractivity (Wildman–Crippen MR) is 116 cm³/mol. The maximum absolute atomic E-state index is 13.2. The molecule has 5 nitrogen and oxygen atoms in total. The van der Waals surface area contributed by atoms with Crippen LogP contribution in [0.1, 0.15) is 39.4 Å². The molecule has 0 saturated carbocycles. The van der Waals surface area contributed by atoms with E-state index in [2.05, 4.69) is 5.32 Å². The van der Waals surface area contributed by atoms with Gasteiger partial charge < -0.3 is 14.8 Å². The molecule has 7 heteroatoms. The molecule has 0 aliphatic rings. The Morgan fingerprint density at radius 3 is 2.27 bits per heavy atom. The summed E-state index contributed by atoms with van der Waals surface area (Å²) in [5.74, 6) is -0.639. The summed E-state index contributed by atoms with van der Waals surface area (Å²) in [6, 6.07) is 12.6. The highest BCUT2D eigenvalue weighted by Gasteiger charge is 2.25. The Hall–Kier alpha value is -3.19. The number of hydrogen-bond donors (Lipinski definition) is 1. The number of anilines is 1. The highest BCUT2D eigenvalue weighted by atomic mass is 32.1. The summed E-state index contributed by atoms with van der Waals surface area (Å²) >= 11 is 1.29. The Bertz CT molecular complexity index is 1040. The molecule has 3 rings (SSSR count). The molecule has 1 heterocycles. The van der Waals surface area contributed by atoms with Crippen LogP contribution in [0.4, 0.5) is 9.39 Å². The van der Waals surface area contributed by atoms with E-state index in [9.17, 15) is 14.0 Å². The predicted octanol–water partition coefficient (Wildman–Crippen LogP) is 5.69. The van der Waals surface area contributed by atoms with E-state index in [1.165, 1.54) is 35.6 Å². The fraction of sp³-hybridized carbons (Fsp3) is 0.217. The van der Waals surface area contributed by atoms with Gasteiger partial charge in [0.25, 0.3) is 5.91 Å². The van der Waals surface area contributed by atoms with Gasteiger partial charge in [0, 0.05) is 16.0 Å².